The molecule has 3 rings (SSSR count). The number of urea groups is 1. The quantitative estimate of drug-likeness (QED) is 0.710. The molecule has 1 atom stereocenters. The van der Waals surface area contributed by atoms with Gasteiger partial charge in [-0.2, -0.15) is 0 Å². The zero-order chi connectivity index (χ0) is 22.9. The highest BCUT2D eigenvalue weighted by molar-refractivity contribution is 6.10. The number of carbonyl (C=O) groups excluding carboxylic acids is 4. The van der Waals surface area contributed by atoms with Crippen molar-refractivity contribution in [3.63, 3.8) is 0 Å². The molecule has 2 aromatic carbocycles. The Morgan fingerprint density at radius 3 is 2.35 bits per heavy atom. The third-order valence-corrected chi connectivity index (χ3v) is 4.87. The number of halogens is 2. The maximum atomic E-state index is 14.2. The van der Waals surface area contributed by atoms with E-state index >= 15 is 0 Å². The minimum absolute atomic E-state index is 0.207. The second kappa shape index (κ2) is 8.13. The SMILES string of the molecule is CN(C)C(=O)c1ccc(NC(=O)CN2C(=O)N[C@](C)(c3cc(F)ccc3F)C2=O)cc1. The Bertz CT molecular complexity index is 1070. The summed E-state index contributed by atoms with van der Waals surface area (Å²) in [4.78, 5) is 51.4. The molecule has 0 spiro atoms. The second-order valence-electron chi connectivity index (χ2n) is 7.40. The standard InChI is InChI=1S/C21H20F2N4O4/c1-21(15-10-13(22)6-9-16(15)23)19(30)27(20(31)25-21)11-17(28)24-14-7-4-12(5-8-14)18(29)26(2)3/h4-10H,11H2,1-3H3,(H,24,28)(H,25,31)/t21-/m1/s1. The first-order chi connectivity index (χ1) is 14.5. The van der Waals surface area contributed by atoms with E-state index in [-0.39, 0.29) is 11.5 Å². The number of hydrogen-bond donors (Lipinski definition) is 2. The van der Waals surface area contributed by atoms with Crippen molar-refractivity contribution in [2.24, 2.45) is 0 Å². The van der Waals surface area contributed by atoms with Gasteiger partial charge in [0.2, 0.25) is 5.91 Å². The fraction of sp³-hybridized carbons (Fsp3) is 0.238. The van der Waals surface area contributed by atoms with Gasteiger partial charge in [-0.15, -0.1) is 0 Å². The Morgan fingerprint density at radius 1 is 1.10 bits per heavy atom. The van der Waals surface area contributed by atoms with Crippen LogP contribution in [0.25, 0.3) is 0 Å². The zero-order valence-electron chi connectivity index (χ0n) is 17.0. The predicted octanol–water partition coefficient (Wildman–Crippen LogP) is 2.07. The summed E-state index contributed by atoms with van der Waals surface area (Å²) in [6, 6.07) is 7.73. The smallest absolute Gasteiger partial charge is 0.325 e. The van der Waals surface area contributed by atoms with Gasteiger partial charge >= 0.3 is 6.03 Å². The molecule has 31 heavy (non-hydrogen) atoms. The number of amides is 5. The van der Waals surface area contributed by atoms with Crippen LogP contribution in [0.15, 0.2) is 42.5 Å². The van der Waals surface area contributed by atoms with Gasteiger partial charge in [0.05, 0.1) is 0 Å². The molecule has 1 saturated heterocycles. The molecule has 5 amide bonds. The number of nitrogens with one attached hydrogen (secondary N) is 2. The van der Waals surface area contributed by atoms with Crippen molar-refractivity contribution < 1.29 is 28.0 Å². The van der Waals surface area contributed by atoms with Crippen LogP contribution in [-0.4, -0.2) is 54.2 Å². The van der Waals surface area contributed by atoms with Gasteiger partial charge in [0.15, 0.2) is 0 Å². The normalized spacial score (nSPS) is 18.0. The van der Waals surface area contributed by atoms with Crippen LogP contribution < -0.4 is 10.6 Å². The van der Waals surface area contributed by atoms with Gasteiger partial charge < -0.3 is 15.5 Å². The monoisotopic (exact) mass is 430 g/mol. The molecule has 2 aromatic rings. The molecule has 0 bridgehead atoms. The fourth-order valence-corrected chi connectivity index (χ4v) is 3.20. The highest BCUT2D eigenvalue weighted by Gasteiger charge is 2.50. The maximum Gasteiger partial charge on any atom is 0.325 e. The molecule has 0 unspecified atom stereocenters. The number of benzene rings is 2. The van der Waals surface area contributed by atoms with Crippen LogP contribution in [0, 0.1) is 11.6 Å². The molecule has 0 aromatic heterocycles. The maximum absolute atomic E-state index is 14.2. The largest absolute Gasteiger partial charge is 0.345 e. The number of anilines is 1. The predicted molar refractivity (Wildman–Crippen MR) is 107 cm³/mol. The topological polar surface area (TPSA) is 98.8 Å². The average molecular weight is 430 g/mol. The van der Waals surface area contributed by atoms with Gasteiger partial charge in [-0.05, 0) is 49.4 Å². The second-order valence-corrected chi connectivity index (χ2v) is 7.40. The van der Waals surface area contributed by atoms with E-state index in [1.165, 1.54) is 36.1 Å². The fourth-order valence-electron chi connectivity index (χ4n) is 3.20. The summed E-state index contributed by atoms with van der Waals surface area (Å²) in [6.45, 7) is 0.610. The van der Waals surface area contributed by atoms with E-state index in [9.17, 15) is 28.0 Å². The summed E-state index contributed by atoms with van der Waals surface area (Å²) in [6.07, 6.45) is 0. The van der Waals surface area contributed by atoms with Gasteiger partial charge in [0.25, 0.3) is 11.8 Å². The molecule has 8 nitrogen and oxygen atoms in total. The Hall–Kier alpha value is -3.82. The Kier molecular flexibility index (Phi) is 5.74. The first-order valence-electron chi connectivity index (χ1n) is 9.24. The first-order valence-corrected chi connectivity index (χ1v) is 9.24. The van der Waals surface area contributed by atoms with Crippen molar-refractivity contribution >= 4 is 29.4 Å². The third kappa shape index (κ3) is 4.23. The summed E-state index contributed by atoms with van der Waals surface area (Å²) < 4.78 is 27.8. The Morgan fingerprint density at radius 2 is 1.74 bits per heavy atom. The van der Waals surface area contributed by atoms with E-state index in [1.54, 1.807) is 14.1 Å². The van der Waals surface area contributed by atoms with Crippen LogP contribution in [-0.2, 0) is 15.1 Å². The van der Waals surface area contributed by atoms with E-state index in [0.29, 0.717) is 16.2 Å². The number of hydrogen-bond acceptors (Lipinski definition) is 4. The molecular formula is C21H20F2N4O4. The van der Waals surface area contributed by atoms with Crippen LogP contribution in [0.1, 0.15) is 22.8 Å². The van der Waals surface area contributed by atoms with Crippen molar-refractivity contribution in [1.29, 1.82) is 0 Å². The van der Waals surface area contributed by atoms with Crippen molar-refractivity contribution in [2.45, 2.75) is 12.5 Å². The molecule has 0 radical (unpaired) electrons. The minimum Gasteiger partial charge on any atom is -0.345 e. The zero-order valence-corrected chi connectivity index (χ0v) is 17.0. The molecule has 1 fully saturated rings. The molecule has 1 aliphatic rings. The number of imide groups is 1. The molecule has 1 aliphatic heterocycles. The summed E-state index contributed by atoms with van der Waals surface area (Å²) in [5.41, 5.74) is -1.41. The molecule has 162 valence electrons. The van der Waals surface area contributed by atoms with Crippen LogP contribution in [0.5, 0.6) is 0 Å². The third-order valence-electron chi connectivity index (χ3n) is 4.87. The lowest BCUT2D eigenvalue weighted by atomic mass is 9.91. The molecule has 0 aliphatic carbocycles. The van der Waals surface area contributed by atoms with Gasteiger partial charge in [0.1, 0.15) is 23.7 Å². The van der Waals surface area contributed by atoms with Crippen LogP contribution in [0.3, 0.4) is 0 Å². The molecule has 0 saturated carbocycles. The van der Waals surface area contributed by atoms with E-state index in [2.05, 4.69) is 10.6 Å². The van der Waals surface area contributed by atoms with Crippen molar-refractivity contribution in [3.05, 3.63) is 65.2 Å². The number of nitrogens with zero attached hydrogens (tertiary/aromatic N) is 2. The van der Waals surface area contributed by atoms with Crippen LogP contribution in [0.4, 0.5) is 19.3 Å². The van der Waals surface area contributed by atoms with Gasteiger partial charge in [-0.25, -0.2) is 13.6 Å². The van der Waals surface area contributed by atoms with E-state index in [4.69, 9.17) is 0 Å². The van der Waals surface area contributed by atoms with E-state index in [0.717, 1.165) is 18.2 Å². The highest BCUT2D eigenvalue weighted by atomic mass is 19.1. The lowest BCUT2D eigenvalue weighted by Crippen LogP contribution is -2.42. The number of carbonyl (C=O) groups is 4. The highest BCUT2D eigenvalue weighted by Crippen LogP contribution is 2.31. The molecular weight excluding hydrogens is 410 g/mol. The summed E-state index contributed by atoms with van der Waals surface area (Å²) in [5, 5.41) is 4.84. The molecule has 2 N–H and O–H groups in total. The van der Waals surface area contributed by atoms with Crippen molar-refractivity contribution in [2.75, 3.05) is 26.0 Å². The van der Waals surface area contributed by atoms with Gasteiger partial charge in [0, 0.05) is 30.9 Å². The summed E-state index contributed by atoms with van der Waals surface area (Å²) in [5.74, 6) is -3.41. The number of rotatable bonds is 5. The average Bonchev–Trinajstić information content (AvgIpc) is 2.93. The minimum atomic E-state index is -1.85. The van der Waals surface area contributed by atoms with Crippen LogP contribution >= 0.6 is 0 Å². The van der Waals surface area contributed by atoms with Gasteiger partial charge in [-0.1, -0.05) is 0 Å². The van der Waals surface area contributed by atoms with Crippen LogP contribution in [0.2, 0.25) is 0 Å². The molecule has 1 heterocycles. The summed E-state index contributed by atoms with van der Waals surface area (Å²) >= 11 is 0. The van der Waals surface area contributed by atoms with Crippen molar-refractivity contribution in [3.8, 4) is 0 Å². The lowest BCUT2D eigenvalue weighted by Gasteiger charge is -2.22. The molecule has 10 heteroatoms. The van der Waals surface area contributed by atoms with Gasteiger partial charge in [-0.3, -0.25) is 19.3 Å². The summed E-state index contributed by atoms with van der Waals surface area (Å²) in [7, 11) is 3.22. The first kappa shape index (κ1) is 21.9. The Balaban J connectivity index is 1.72. The van der Waals surface area contributed by atoms with E-state index < -0.39 is 41.6 Å². The van der Waals surface area contributed by atoms with Crippen molar-refractivity contribution in [1.82, 2.24) is 15.1 Å². The Labute approximate surface area is 176 Å². The lowest BCUT2D eigenvalue weighted by molar-refractivity contribution is -0.133. The van der Waals surface area contributed by atoms with E-state index in [1.807, 2.05) is 0 Å².